The number of nitrogens with two attached hydrogens (primary N) is 1. The van der Waals surface area contributed by atoms with E-state index in [1.54, 1.807) is 6.07 Å². The van der Waals surface area contributed by atoms with E-state index < -0.39 is 0 Å². The van der Waals surface area contributed by atoms with Crippen LogP contribution in [-0.2, 0) is 0 Å². The average Bonchev–Trinajstić information content (AvgIpc) is 2.74. The van der Waals surface area contributed by atoms with Crippen molar-refractivity contribution in [2.45, 2.75) is 44.7 Å². The predicted molar refractivity (Wildman–Crippen MR) is 86.5 cm³/mol. The first kappa shape index (κ1) is 15.9. The second-order valence-electron chi connectivity index (χ2n) is 6.79. The van der Waals surface area contributed by atoms with Crippen LogP contribution in [0.4, 0.5) is 5.69 Å². The molecular weight excluding hydrogens is 264 g/mol. The fourth-order valence-electron chi connectivity index (χ4n) is 3.14. The van der Waals surface area contributed by atoms with Crippen molar-refractivity contribution in [3.63, 3.8) is 0 Å². The molecule has 2 N–H and O–H groups in total. The van der Waals surface area contributed by atoms with Crippen molar-refractivity contribution >= 4 is 11.6 Å². The number of hydrogen-bond donors (Lipinski definition) is 1. The van der Waals surface area contributed by atoms with E-state index in [0.717, 1.165) is 19.4 Å². The molecule has 0 spiro atoms. The van der Waals surface area contributed by atoms with Crippen LogP contribution in [0.1, 0.15) is 49.6 Å². The number of anilines is 1. The molecule has 2 rings (SSSR count). The van der Waals surface area contributed by atoms with Gasteiger partial charge in [0.1, 0.15) is 5.69 Å². The number of aromatic nitrogens is 1. The highest BCUT2D eigenvalue weighted by Crippen LogP contribution is 2.36. The largest absolute Gasteiger partial charge is 0.397 e. The highest BCUT2D eigenvalue weighted by molar-refractivity contribution is 5.93. The number of amides is 1. The molecule has 1 aromatic rings. The number of hydrogen-bond acceptors (Lipinski definition) is 3. The van der Waals surface area contributed by atoms with E-state index in [1.807, 2.05) is 22.7 Å². The monoisotopic (exact) mass is 292 g/mol. The lowest BCUT2D eigenvalue weighted by Crippen LogP contribution is -2.57. The molecular formula is C16H28N4O. The van der Waals surface area contributed by atoms with E-state index in [2.05, 4.69) is 32.8 Å². The zero-order chi connectivity index (χ0) is 15.8. The summed E-state index contributed by atoms with van der Waals surface area (Å²) < 4.78 is 1.96. The van der Waals surface area contributed by atoms with Crippen LogP contribution < -0.4 is 5.73 Å². The number of carbonyl (C=O) groups is 1. The molecule has 0 atom stereocenters. The lowest BCUT2D eigenvalue weighted by molar-refractivity contribution is 0.0247. The van der Waals surface area contributed by atoms with E-state index in [-0.39, 0.29) is 17.5 Å². The van der Waals surface area contributed by atoms with Crippen LogP contribution >= 0.6 is 0 Å². The van der Waals surface area contributed by atoms with Crippen molar-refractivity contribution < 1.29 is 4.79 Å². The number of nitrogens with zero attached hydrogens (tertiary/aromatic N) is 3. The summed E-state index contributed by atoms with van der Waals surface area (Å²) >= 11 is 0. The summed E-state index contributed by atoms with van der Waals surface area (Å²) in [6.45, 7) is 4.88. The maximum absolute atomic E-state index is 12.8. The van der Waals surface area contributed by atoms with Gasteiger partial charge in [0.25, 0.3) is 5.91 Å². The van der Waals surface area contributed by atoms with E-state index in [1.165, 1.54) is 6.42 Å². The standard InChI is InChI=1S/C16H28N4O/c1-12(2)20-10-13(17)9-14(20)15(21)19(5)11-16(18(3)4)7-6-8-16/h9-10,12H,6-8,11,17H2,1-5H3. The van der Waals surface area contributed by atoms with E-state index in [0.29, 0.717) is 11.4 Å². The summed E-state index contributed by atoms with van der Waals surface area (Å²) in [5.41, 5.74) is 7.34. The zero-order valence-corrected chi connectivity index (χ0v) is 13.9. The van der Waals surface area contributed by atoms with Crippen LogP contribution in [0.3, 0.4) is 0 Å². The number of carbonyl (C=O) groups excluding carboxylic acids is 1. The van der Waals surface area contributed by atoms with Gasteiger partial charge < -0.3 is 20.1 Å². The van der Waals surface area contributed by atoms with E-state index >= 15 is 0 Å². The van der Waals surface area contributed by atoms with E-state index in [9.17, 15) is 4.79 Å². The molecule has 1 saturated carbocycles. The average molecular weight is 292 g/mol. The van der Waals surface area contributed by atoms with Gasteiger partial charge in [-0.1, -0.05) is 0 Å². The molecule has 118 valence electrons. The van der Waals surface area contributed by atoms with Crippen LogP contribution in [0.5, 0.6) is 0 Å². The van der Waals surface area contributed by atoms with Gasteiger partial charge in [0.15, 0.2) is 0 Å². The molecule has 1 amide bonds. The van der Waals surface area contributed by atoms with Gasteiger partial charge in [0.05, 0.1) is 5.69 Å². The van der Waals surface area contributed by atoms with Gasteiger partial charge >= 0.3 is 0 Å². The first-order valence-electron chi connectivity index (χ1n) is 7.67. The molecule has 1 aliphatic carbocycles. The molecule has 1 fully saturated rings. The minimum Gasteiger partial charge on any atom is -0.397 e. The fourth-order valence-corrected chi connectivity index (χ4v) is 3.14. The van der Waals surface area contributed by atoms with Crippen molar-refractivity contribution in [3.05, 3.63) is 18.0 Å². The van der Waals surface area contributed by atoms with Gasteiger partial charge in [0.2, 0.25) is 0 Å². The molecule has 5 nitrogen and oxygen atoms in total. The Bertz CT molecular complexity index is 514. The summed E-state index contributed by atoms with van der Waals surface area (Å²) in [4.78, 5) is 16.9. The fraction of sp³-hybridized carbons (Fsp3) is 0.688. The van der Waals surface area contributed by atoms with Crippen LogP contribution in [-0.4, -0.2) is 53.5 Å². The van der Waals surface area contributed by atoms with Gasteiger partial charge in [-0.25, -0.2) is 0 Å². The summed E-state index contributed by atoms with van der Waals surface area (Å²) in [5.74, 6) is 0.0496. The molecule has 0 aliphatic heterocycles. The van der Waals surface area contributed by atoms with Gasteiger partial charge in [-0.3, -0.25) is 4.79 Å². The molecule has 1 aromatic heterocycles. The van der Waals surface area contributed by atoms with Gasteiger partial charge in [-0.2, -0.15) is 0 Å². The smallest absolute Gasteiger partial charge is 0.270 e. The molecule has 0 bridgehead atoms. The quantitative estimate of drug-likeness (QED) is 0.905. The Balaban J connectivity index is 2.16. The summed E-state index contributed by atoms with van der Waals surface area (Å²) in [7, 11) is 6.10. The number of rotatable bonds is 5. The van der Waals surface area contributed by atoms with E-state index in [4.69, 9.17) is 5.73 Å². The molecule has 0 aromatic carbocycles. The highest BCUT2D eigenvalue weighted by Gasteiger charge is 2.41. The Hall–Kier alpha value is -1.49. The predicted octanol–water partition coefficient (Wildman–Crippen LogP) is 2.21. The minimum absolute atomic E-state index is 0.0496. The van der Waals surface area contributed by atoms with Crippen LogP contribution in [0, 0.1) is 0 Å². The van der Waals surface area contributed by atoms with Crippen molar-refractivity contribution in [1.82, 2.24) is 14.4 Å². The number of likely N-dealkylation sites (N-methyl/N-ethyl adjacent to an activating group) is 2. The maximum atomic E-state index is 12.8. The molecule has 0 unspecified atom stereocenters. The lowest BCUT2D eigenvalue weighted by Gasteiger charge is -2.49. The molecule has 0 radical (unpaired) electrons. The van der Waals surface area contributed by atoms with Crippen molar-refractivity contribution in [1.29, 1.82) is 0 Å². The second-order valence-corrected chi connectivity index (χ2v) is 6.79. The van der Waals surface area contributed by atoms with Crippen molar-refractivity contribution in [3.8, 4) is 0 Å². The second kappa shape index (κ2) is 5.72. The third-order valence-corrected chi connectivity index (χ3v) is 4.76. The Morgan fingerprint density at radius 2 is 2.00 bits per heavy atom. The van der Waals surface area contributed by atoms with Gasteiger partial charge in [0, 0.05) is 31.4 Å². The summed E-state index contributed by atoms with van der Waals surface area (Å²) in [5, 5.41) is 0. The molecule has 1 heterocycles. The lowest BCUT2D eigenvalue weighted by atomic mass is 9.75. The maximum Gasteiger partial charge on any atom is 0.270 e. The van der Waals surface area contributed by atoms with Crippen molar-refractivity contribution in [2.24, 2.45) is 0 Å². The Morgan fingerprint density at radius 3 is 2.43 bits per heavy atom. The van der Waals surface area contributed by atoms with Gasteiger partial charge in [-0.15, -0.1) is 0 Å². The van der Waals surface area contributed by atoms with Crippen LogP contribution in [0.25, 0.3) is 0 Å². The van der Waals surface area contributed by atoms with Gasteiger partial charge in [-0.05, 0) is 53.3 Å². The first-order valence-corrected chi connectivity index (χ1v) is 7.67. The SMILES string of the molecule is CC(C)n1cc(N)cc1C(=O)N(C)CC1(N(C)C)CCC1. The number of nitrogen functional groups attached to an aromatic ring is 1. The molecule has 1 aliphatic rings. The van der Waals surface area contributed by atoms with Crippen molar-refractivity contribution in [2.75, 3.05) is 33.4 Å². The molecule has 21 heavy (non-hydrogen) atoms. The summed E-state index contributed by atoms with van der Waals surface area (Å²) in [6, 6.07) is 2.00. The molecule has 5 heteroatoms. The Morgan fingerprint density at radius 1 is 1.38 bits per heavy atom. The van der Waals surface area contributed by atoms with Crippen LogP contribution in [0.15, 0.2) is 12.3 Å². The Kier molecular flexibility index (Phi) is 4.33. The normalized spacial score (nSPS) is 17.1. The Labute approximate surface area is 127 Å². The zero-order valence-electron chi connectivity index (χ0n) is 13.9. The van der Waals surface area contributed by atoms with Crippen LogP contribution in [0.2, 0.25) is 0 Å². The third-order valence-electron chi connectivity index (χ3n) is 4.76. The molecule has 0 saturated heterocycles. The topological polar surface area (TPSA) is 54.5 Å². The minimum atomic E-state index is 0.0496. The summed E-state index contributed by atoms with van der Waals surface area (Å²) in [6.07, 6.45) is 5.40. The third kappa shape index (κ3) is 2.93. The highest BCUT2D eigenvalue weighted by atomic mass is 16.2. The first-order chi connectivity index (χ1) is 9.77.